The van der Waals surface area contributed by atoms with Crippen molar-refractivity contribution in [2.24, 2.45) is 0 Å². The summed E-state index contributed by atoms with van der Waals surface area (Å²) in [6, 6.07) is 0. The highest BCUT2D eigenvalue weighted by Gasteiger charge is 2.14. The average molecular weight is 187 g/mol. The summed E-state index contributed by atoms with van der Waals surface area (Å²) in [6.45, 7) is 0. The first kappa shape index (κ1) is 9.20. The molecular formula is C9H8ClFO. The Kier molecular flexibility index (Phi) is 3.23. The predicted octanol–water partition coefficient (Wildman–Crippen LogP) is 2.53. The quantitative estimate of drug-likeness (QED) is 0.479. The zero-order valence-corrected chi connectivity index (χ0v) is 7.09. The Balaban J connectivity index is 2.75. The van der Waals surface area contributed by atoms with Crippen LogP contribution < -0.4 is 0 Å². The van der Waals surface area contributed by atoms with Crippen molar-refractivity contribution < 1.29 is 9.18 Å². The Morgan fingerprint density at radius 1 is 1.58 bits per heavy atom. The summed E-state index contributed by atoms with van der Waals surface area (Å²) in [5.41, 5.74) is 0.492. The highest BCUT2D eigenvalue weighted by atomic mass is 35.5. The standard InChI is InChI=1S/C9H8ClFO/c10-8-4-3-7(2-1-5-12)9(11)6-8/h1-5,9H,6H2/b2-1+. The van der Waals surface area contributed by atoms with Crippen LogP contribution >= 0.6 is 11.6 Å². The van der Waals surface area contributed by atoms with Gasteiger partial charge in [-0.25, -0.2) is 4.39 Å². The molecule has 1 nitrogen and oxygen atoms in total. The molecule has 0 saturated heterocycles. The summed E-state index contributed by atoms with van der Waals surface area (Å²) < 4.78 is 13.1. The van der Waals surface area contributed by atoms with Crippen LogP contribution in [-0.4, -0.2) is 12.5 Å². The molecule has 0 spiro atoms. The number of alkyl halides is 1. The Morgan fingerprint density at radius 2 is 2.33 bits per heavy atom. The normalized spacial score (nSPS) is 23.7. The smallest absolute Gasteiger partial charge is 0.142 e. The minimum atomic E-state index is -1.08. The van der Waals surface area contributed by atoms with Crippen LogP contribution in [0, 0.1) is 0 Å². The minimum Gasteiger partial charge on any atom is -0.299 e. The van der Waals surface area contributed by atoms with Crippen LogP contribution in [0.15, 0.2) is 34.9 Å². The molecule has 0 fully saturated rings. The lowest BCUT2D eigenvalue weighted by Crippen LogP contribution is -2.05. The predicted molar refractivity (Wildman–Crippen MR) is 46.7 cm³/mol. The molecule has 1 rings (SSSR count). The molecule has 0 aliphatic heterocycles. The highest BCUT2D eigenvalue weighted by molar-refractivity contribution is 6.29. The van der Waals surface area contributed by atoms with E-state index in [0.717, 1.165) is 0 Å². The van der Waals surface area contributed by atoms with Crippen LogP contribution in [0.1, 0.15) is 6.42 Å². The second-order valence-electron chi connectivity index (χ2n) is 2.45. The van der Waals surface area contributed by atoms with Crippen LogP contribution in [0.4, 0.5) is 4.39 Å². The molecule has 0 saturated carbocycles. The number of aldehydes is 1. The molecule has 0 aromatic rings. The summed E-state index contributed by atoms with van der Waals surface area (Å²) in [6.07, 6.45) is 5.68. The third kappa shape index (κ3) is 2.31. The van der Waals surface area contributed by atoms with Crippen molar-refractivity contribution in [3.05, 3.63) is 34.9 Å². The van der Waals surface area contributed by atoms with E-state index in [1.807, 2.05) is 0 Å². The van der Waals surface area contributed by atoms with Gasteiger partial charge < -0.3 is 0 Å². The van der Waals surface area contributed by atoms with Gasteiger partial charge in [-0.2, -0.15) is 0 Å². The zero-order chi connectivity index (χ0) is 8.97. The minimum absolute atomic E-state index is 0.205. The number of halogens is 2. The Labute approximate surface area is 75.2 Å². The van der Waals surface area contributed by atoms with Gasteiger partial charge in [0.05, 0.1) is 0 Å². The van der Waals surface area contributed by atoms with Crippen molar-refractivity contribution in [1.29, 1.82) is 0 Å². The van der Waals surface area contributed by atoms with Gasteiger partial charge in [-0.05, 0) is 17.7 Å². The molecule has 0 aromatic heterocycles. The van der Waals surface area contributed by atoms with Gasteiger partial charge in [0, 0.05) is 11.5 Å². The van der Waals surface area contributed by atoms with Gasteiger partial charge in [-0.3, -0.25) is 4.79 Å². The summed E-state index contributed by atoms with van der Waals surface area (Å²) in [4.78, 5) is 9.94. The summed E-state index contributed by atoms with van der Waals surface area (Å²) in [7, 11) is 0. The lowest BCUT2D eigenvalue weighted by atomic mass is 10.0. The van der Waals surface area contributed by atoms with Gasteiger partial charge in [0.1, 0.15) is 12.5 Å². The second kappa shape index (κ2) is 4.21. The van der Waals surface area contributed by atoms with Crippen molar-refractivity contribution in [2.45, 2.75) is 12.6 Å². The molecule has 1 atom stereocenters. The van der Waals surface area contributed by atoms with E-state index in [-0.39, 0.29) is 6.42 Å². The lowest BCUT2D eigenvalue weighted by molar-refractivity contribution is -0.104. The van der Waals surface area contributed by atoms with E-state index in [2.05, 4.69) is 0 Å². The van der Waals surface area contributed by atoms with E-state index < -0.39 is 6.17 Å². The molecule has 1 unspecified atom stereocenters. The van der Waals surface area contributed by atoms with E-state index in [9.17, 15) is 9.18 Å². The largest absolute Gasteiger partial charge is 0.299 e. The first-order chi connectivity index (χ1) is 5.74. The Hall–Kier alpha value is -0.890. The molecule has 0 heterocycles. The van der Waals surface area contributed by atoms with Crippen molar-refractivity contribution >= 4 is 17.9 Å². The Morgan fingerprint density at radius 3 is 2.92 bits per heavy atom. The van der Waals surface area contributed by atoms with Crippen molar-refractivity contribution in [3.63, 3.8) is 0 Å². The topological polar surface area (TPSA) is 17.1 Å². The maximum absolute atomic E-state index is 13.1. The molecule has 0 aromatic carbocycles. The molecule has 64 valence electrons. The number of hydrogen-bond donors (Lipinski definition) is 0. The molecule has 12 heavy (non-hydrogen) atoms. The molecule has 1 aliphatic rings. The third-order valence-corrected chi connectivity index (χ3v) is 1.84. The van der Waals surface area contributed by atoms with E-state index in [0.29, 0.717) is 16.9 Å². The number of allylic oxidation sites excluding steroid dienone is 6. The summed E-state index contributed by atoms with van der Waals surface area (Å²) in [5, 5.41) is 0.505. The monoisotopic (exact) mass is 186 g/mol. The highest BCUT2D eigenvalue weighted by Crippen LogP contribution is 2.24. The van der Waals surface area contributed by atoms with Gasteiger partial charge >= 0.3 is 0 Å². The fourth-order valence-corrected chi connectivity index (χ4v) is 1.16. The van der Waals surface area contributed by atoms with Crippen molar-refractivity contribution in [1.82, 2.24) is 0 Å². The Bertz CT molecular complexity index is 266. The molecule has 1 aliphatic carbocycles. The summed E-state index contributed by atoms with van der Waals surface area (Å²) in [5.74, 6) is 0. The molecule has 3 heteroatoms. The average Bonchev–Trinajstić information content (AvgIpc) is 2.03. The fourth-order valence-electron chi connectivity index (χ4n) is 0.959. The molecule has 0 N–H and O–H groups in total. The molecule has 0 bridgehead atoms. The van der Waals surface area contributed by atoms with Crippen molar-refractivity contribution in [2.75, 3.05) is 0 Å². The maximum Gasteiger partial charge on any atom is 0.142 e. The van der Waals surface area contributed by atoms with Crippen LogP contribution in [0.2, 0.25) is 0 Å². The number of carbonyl (C=O) groups excluding carboxylic acids is 1. The second-order valence-corrected chi connectivity index (χ2v) is 2.93. The maximum atomic E-state index is 13.1. The molecule has 0 radical (unpaired) electrons. The first-order valence-electron chi connectivity index (χ1n) is 3.56. The van der Waals surface area contributed by atoms with Gasteiger partial charge in [0.15, 0.2) is 0 Å². The van der Waals surface area contributed by atoms with Crippen LogP contribution in [-0.2, 0) is 4.79 Å². The number of rotatable bonds is 2. The third-order valence-electron chi connectivity index (χ3n) is 1.56. The fraction of sp³-hybridized carbons (Fsp3) is 0.222. The van der Waals surface area contributed by atoms with Gasteiger partial charge in [-0.1, -0.05) is 23.8 Å². The zero-order valence-electron chi connectivity index (χ0n) is 6.34. The number of hydrogen-bond acceptors (Lipinski definition) is 1. The SMILES string of the molecule is O=C/C=C/C1=CC=C(Cl)CC1F. The van der Waals surface area contributed by atoms with Crippen molar-refractivity contribution in [3.8, 4) is 0 Å². The van der Waals surface area contributed by atoms with Crippen LogP contribution in [0.3, 0.4) is 0 Å². The van der Waals surface area contributed by atoms with Gasteiger partial charge in [-0.15, -0.1) is 0 Å². The van der Waals surface area contributed by atoms with E-state index in [1.165, 1.54) is 12.2 Å². The first-order valence-corrected chi connectivity index (χ1v) is 3.94. The van der Waals surface area contributed by atoms with Crippen LogP contribution in [0.25, 0.3) is 0 Å². The molecular weight excluding hydrogens is 179 g/mol. The van der Waals surface area contributed by atoms with E-state index >= 15 is 0 Å². The lowest BCUT2D eigenvalue weighted by Gasteiger charge is -2.11. The number of carbonyl (C=O) groups is 1. The summed E-state index contributed by atoms with van der Waals surface area (Å²) >= 11 is 5.59. The van der Waals surface area contributed by atoms with Crippen LogP contribution in [0.5, 0.6) is 0 Å². The van der Waals surface area contributed by atoms with Gasteiger partial charge in [0.25, 0.3) is 0 Å². The van der Waals surface area contributed by atoms with Gasteiger partial charge in [0.2, 0.25) is 0 Å². The van der Waals surface area contributed by atoms with E-state index in [1.54, 1.807) is 12.2 Å². The molecule has 0 amide bonds. The van der Waals surface area contributed by atoms with E-state index in [4.69, 9.17) is 11.6 Å².